The smallest absolute Gasteiger partial charge is 0.309 e. The van der Waals surface area contributed by atoms with Gasteiger partial charge in [0.2, 0.25) is 0 Å². The summed E-state index contributed by atoms with van der Waals surface area (Å²) in [5, 5.41) is 10.2. The highest BCUT2D eigenvalue weighted by Gasteiger charge is 2.29. The quantitative estimate of drug-likeness (QED) is 0.907. The number of aryl methyl sites for hydroxylation is 1. The van der Waals surface area contributed by atoms with Crippen molar-refractivity contribution in [2.75, 3.05) is 7.11 Å². The van der Waals surface area contributed by atoms with Crippen LogP contribution in [0, 0.1) is 12.3 Å². The Labute approximate surface area is 125 Å². The molecule has 0 aliphatic carbocycles. The van der Waals surface area contributed by atoms with E-state index in [0.717, 1.165) is 21.2 Å². The lowest BCUT2D eigenvalue weighted by Crippen LogP contribution is -2.26. The Morgan fingerprint density at radius 3 is 2.65 bits per heavy atom. The molecule has 0 radical (unpaired) electrons. The molecular formula is C15H17BrO4. The number of aliphatic carboxylic acids is 1. The van der Waals surface area contributed by atoms with Crippen molar-refractivity contribution in [1.82, 2.24) is 0 Å². The van der Waals surface area contributed by atoms with Gasteiger partial charge < -0.3 is 14.3 Å². The highest BCUT2D eigenvalue weighted by molar-refractivity contribution is 9.10. The van der Waals surface area contributed by atoms with Gasteiger partial charge in [-0.15, -0.1) is 0 Å². The van der Waals surface area contributed by atoms with Crippen molar-refractivity contribution in [3.63, 3.8) is 0 Å². The predicted octanol–water partition coefficient (Wildman–Crippen LogP) is 4.17. The van der Waals surface area contributed by atoms with Gasteiger partial charge in [0, 0.05) is 9.86 Å². The van der Waals surface area contributed by atoms with E-state index in [1.807, 2.05) is 19.1 Å². The number of rotatable bonds is 4. The third-order valence-electron chi connectivity index (χ3n) is 3.33. The van der Waals surface area contributed by atoms with Gasteiger partial charge in [-0.2, -0.15) is 0 Å². The molecule has 20 heavy (non-hydrogen) atoms. The fourth-order valence-electron chi connectivity index (χ4n) is 2.15. The first-order chi connectivity index (χ1) is 9.26. The van der Waals surface area contributed by atoms with Crippen LogP contribution in [0.5, 0.6) is 5.75 Å². The zero-order valence-corrected chi connectivity index (χ0v) is 13.5. The van der Waals surface area contributed by atoms with Crippen LogP contribution in [0.4, 0.5) is 0 Å². The van der Waals surface area contributed by atoms with Gasteiger partial charge in [-0.05, 0) is 60.8 Å². The SMILES string of the molecule is COc1cc(CC(C)(C)C(=O)O)c(Br)c2cc(C)oc12. The lowest BCUT2D eigenvalue weighted by Gasteiger charge is -2.20. The van der Waals surface area contributed by atoms with E-state index in [-0.39, 0.29) is 0 Å². The van der Waals surface area contributed by atoms with Crippen LogP contribution < -0.4 is 4.74 Å². The van der Waals surface area contributed by atoms with Crippen molar-refractivity contribution < 1.29 is 19.1 Å². The van der Waals surface area contributed by atoms with Gasteiger partial charge in [0.25, 0.3) is 0 Å². The first kappa shape index (κ1) is 14.9. The molecule has 2 aromatic rings. The van der Waals surface area contributed by atoms with Crippen LogP contribution in [0.25, 0.3) is 11.0 Å². The number of hydrogen-bond donors (Lipinski definition) is 1. The minimum atomic E-state index is -0.847. The van der Waals surface area contributed by atoms with Crippen LogP contribution >= 0.6 is 15.9 Å². The number of hydrogen-bond acceptors (Lipinski definition) is 3. The summed E-state index contributed by atoms with van der Waals surface area (Å²) in [7, 11) is 1.58. The Morgan fingerprint density at radius 1 is 1.45 bits per heavy atom. The maximum absolute atomic E-state index is 11.3. The lowest BCUT2D eigenvalue weighted by atomic mass is 9.85. The summed E-state index contributed by atoms with van der Waals surface area (Å²) in [6.45, 7) is 5.28. The molecule has 1 aromatic carbocycles. The van der Waals surface area contributed by atoms with Gasteiger partial charge in [-0.1, -0.05) is 0 Å². The average Bonchev–Trinajstić information content (AvgIpc) is 2.74. The van der Waals surface area contributed by atoms with Crippen LogP contribution in [0.3, 0.4) is 0 Å². The first-order valence-corrected chi connectivity index (χ1v) is 7.04. The zero-order valence-electron chi connectivity index (χ0n) is 11.9. The van der Waals surface area contributed by atoms with E-state index in [1.54, 1.807) is 21.0 Å². The minimum absolute atomic E-state index is 0.402. The Morgan fingerprint density at radius 2 is 2.10 bits per heavy atom. The molecule has 0 aliphatic rings. The second-order valence-electron chi connectivity index (χ2n) is 5.52. The molecule has 0 aliphatic heterocycles. The van der Waals surface area contributed by atoms with E-state index in [9.17, 15) is 9.90 Å². The molecule has 1 aromatic heterocycles. The van der Waals surface area contributed by atoms with Gasteiger partial charge >= 0.3 is 5.97 Å². The summed E-state index contributed by atoms with van der Waals surface area (Å²) in [5.41, 5.74) is 0.719. The Kier molecular flexibility index (Phi) is 3.82. The molecule has 0 spiro atoms. The van der Waals surface area contributed by atoms with E-state index in [0.29, 0.717) is 17.8 Å². The second kappa shape index (κ2) is 5.13. The molecule has 5 heteroatoms. The first-order valence-electron chi connectivity index (χ1n) is 6.25. The standard InChI is InChI=1S/C15H17BrO4/c1-8-5-10-12(16)9(7-15(2,3)14(17)18)6-11(19-4)13(10)20-8/h5-6H,7H2,1-4H3,(H,17,18). The maximum Gasteiger partial charge on any atom is 0.309 e. The number of carbonyl (C=O) groups is 1. The van der Waals surface area contributed by atoms with Gasteiger partial charge in [0.15, 0.2) is 11.3 Å². The Hall–Kier alpha value is -1.49. The number of carboxylic acids is 1. The van der Waals surface area contributed by atoms with Crippen molar-refractivity contribution in [2.45, 2.75) is 27.2 Å². The monoisotopic (exact) mass is 340 g/mol. The van der Waals surface area contributed by atoms with E-state index < -0.39 is 11.4 Å². The molecule has 0 saturated heterocycles. The topological polar surface area (TPSA) is 59.7 Å². The molecule has 0 bridgehead atoms. The Balaban J connectivity index is 2.60. The molecule has 108 valence electrons. The summed E-state index contributed by atoms with van der Waals surface area (Å²) in [4.78, 5) is 11.3. The van der Waals surface area contributed by atoms with Crippen molar-refractivity contribution in [3.8, 4) is 5.75 Å². The molecule has 0 fully saturated rings. The van der Waals surface area contributed by atoms with E-state index in [1.165, 1.54) is 0 Å². The van der Waals surface area contributed by atoms with Crippen LogP contribution in [-0.4, -0.2) is 18.2 Å². The number of fused-ring (bicyclic) bond motifs is 1. The van der Waals surface area contributed by atoms with Crippen LogP contribution in [-0.2, 0) is 11.2 Å². The molecule has 4 nitrogen and oxygen atoms in total. The van der Waals surface area contributed by atoms with Crippen molar-refractivity contribution in [3.05, 3.63) is 27.9 Å². The van der Waals surface area contributed by atoms with Crippen molar-refractivity contribution in [2.24, 2.45) is 5.41 Å². The number of methoxy groups -OCH3 is 1. The third-order valence-corrected chi connectivity index (χ3v) is 4.27. The fraction of sp³-hybridized carbons (Fsp3) is 0.400. The van der Waals surface area contributed by atoms with Gasteiger partial charge in [0.05, 0.1) is 12.5 Å². The van der Waals surface area contributed by atoms with Crippen LogP contribution in [0.15, 0.2) is 21.0 Å². The zero-order chi connectivity index (χ0) is 15.1. The van der Waals surface area contributed by atoms with Crippen LogP contribution in [0.1, 0.15) is 25.2 Å². The van der Waals surface area contributed by atoms with Crippen molar-refractivity contribution in [1.29, 1.82) is 0 Å². The van der Waals surface area contributed by atoms with E-state index >= 15 is 0 Å². The minimum Gasteiger partial charge on any atom is -0.493 e. The summed E-state index contributed by atoms with van der Waals surface area (Å²) in [6.07, 6.45) is 0.402. The number of benzene rings is 1. The fourth-order valence-corrected chi connectivity index (χ4v) is 2.70. The largest absolute Gasteiger partial charge is 0.493 e. The van der Waals surface area contributed by atoms with E-state index in [2.05, 4.69) is 15.9 Å². The summed E-state index contributed by atoms with van der Waals surface area (Å²) in [6, 6.07) is 3.75. The maximum atomic E-state index is 11.3. The summed E-state index contributed by atoms with van der Waals surface area (Å²) < 4.78 is 11.8. The summed E-state index contributed by atoms with van der Waals surface area (Å²) >= 11 is 3.55. The van der Waals surface area contributed by atoms with Gasteiger partial charge in [-0.25, -0.2) is 0 Å². The molecule has 0 atom stereocenters. The number of ether oxygens (including phenoxy) is 1. The predicted molar refractivity (Wildman–Crippen MR) is 80.3 cm³/mol. The molecule has 0 amide bonds. The highest BCUT2D eigenvalue weighted by atomic mass is 79.9. The second-order valence-corrected chi connectivity index (χ2v) is 6.31. The summed E-state index contributed by atoms with van der Waals surface area (Å²) in [5.74, 6) is 0.577. The lowest BCUT2D eigenvalue weighted by molar-refractivity contribution is -0.146. The normalized spacial score (nSPS) is 11.8. The van der Waals surface area contributed by atoms with Gasteiger partial charge in [0.1, 0.15) is 5.76 Å². The average molecular weight is 341 g/mol. The van der Waals surface area contributed by atoms with Gasteiger partial charge in [-0.3, -0.25) is 4.79 Å². The number of halogens is 1. The Bertz CT molecular complexity index is 670. The third kappa shape index (κ3) is 2.54. The number of furan rings is 1. The van der Waals surface area contributed by atoms with E-state index in [4.69, 9.17) is 9.15 Å². The molecule has 1 N–H and O–H groups in total. The molecule has 0 unspecified atom stereocenters. The van der Waals surface area contributed by atoms with Crippen molar-refractivity contribution >= 4 is 32.9 Å². The highest BCUT2D eigenvalue weighted by Crippen LogP contribution is 2.39. The molecule has 0 saturated carbocycles. The number of carboxylic acid groups (broad SMARTS) is 1. The van der Waals surface area contributed by atoms with Crippen LogP contribution in [0.2, 0.25) is 0 Å². The molecular weight excluding hydrogens is 324 g/mol. The molecule has 2 rings (SSSR count). The molecule has 1 heterocycles.